The maximum absolute atomic E-state index is 11.9. The van der Waals surface area contributed by atoms with Gasteiger partial charge in [0.2, 0.25) is 11.1 Å². The quantitative estimate of drug-likeness (QED) is 0.613. The molecule has 0 N–H and O–H groups in total. The lowest BCUT2D eigenvalue weighted by molar-refractivity contribution is -0.147. The van der Waals surface area contributed by atoms with Crippen LogP contribution in [0.15, 0.2) is 0 Å². The van der Waals surface area contributed by atoms with Gasteiger partial charge in [-0.1, -0.05) is 0 Å². The van der Waals surface area contributed by atoms with E-state index in [4.69, 9.17) is 11.6 Å². The van der Waals surface area contributed by atoms with Crippen molar-refractivity contribution in [3.8, 4) is 0 Å². The van der Waals surface area contributed by atoms with Crippen LogP contribution in [-0.2, 0) is 13.2 Å². The van der Waals surface area contributed by atoms with Gasteiger partial charge in [0, 0.05) is 7.05 Å². The fourth-order valence-electron chi connectivity index (χ4n) is 0.600. The fourth-order valence-corrected chi connectivity index (χ4v) is 0.794. The van der Waals surface area contributed by atoms with Crippen molar-refractivity contribution < 1.29 is 13.2 Å². The Morgan fingerprint density at radius 1 is 1.45 bits per heavy atom. The van der Waals surface area contributed by atoms with Crippen molar-refractivity contribution in [3.63, 3.8) is 0 Å². The van der Waals surface area contributed by atoms with E-state index in [1.54, 1.807) is 0 Å². The normalized spacial score (nSPS) is 12.1. The number of rotatable bonds is 0. The highest BCUT2D eigenvalue weighted by Crippen LogP contribution is 2.27. The van der Waals surface area contributed by atoms with Gasteiger partial charge in [-0.3, -0.25) is 0 Å². The summed E-state index contributed by atoms with van der Waals surface area (Å²) in [5.41, 5.74) is 0. The Hall–Kier alpha value is -0.780. The molecule has 0 spiro atoms. The summed E-state index contributed by atoms with van der Waals surface area (Å²) in [6.07, 6.45) is -4.49. The molecular weight excluding hydrogens is 183 g/mol. The molecule has 0 fully saturated rings. The lowest BCUT2D eigenvalue weighted by Gasteiger charge is -2.02. The topological polar surface area (TPSA) is 30.7 Å². The maximum atomic E-state index is 11.9. The third kappa shape index (κ3) is 1.62. The van der Waals surface area contributed by atoms with Crippen molar-refractivity contribution in [1.29, 1.82) is 0 Å². The summed E-state index contributed by atoms with van der Waals surface area (Å²) in [6, 6.07) is 0. The van der Waals surface area contributed by atoms with Crippen molar-refractivity contribution in [2.75, 3.05) is 0 Å². The molecule has 3 nitrogen and oxygen atoms in total. The fraction of sp³-hybridized carbons (Fsp3) is 0.500. The second-order valence-corrected chi connectivity index (χ2v) is 2.16. The predicted octanol–water partition coefficient (Wildman–Crippen LogP) is 1.49. The molecular formula is C4H3ClF3N3. The van der Waals surface area contributed by atoms with Crippen LogP contribution in [0.3, 0.4) is 0 Å². The minimum atomic E-state index is -4.49. The molecule has 0 aromatic carbocycles. The largest absolute Gasteiger partial charge is 0.451 e. The van der Waals surface area contributed by atoms with Gasteiger partial charge in [0.05, 0.1) is 0 Å². The van der Waals surface area contributed by atoms with E-state index < -0.39 is 17.3 Å². The van der Waals surface area contributed by atoms with E-state index in [9.17, 15) is 13.2 Å². The summed E-state index contributed by atoms with van der Waals surface area (Å²) in [5.74, 6) is -1.09. The number of alkyl halides is 3. The SMILES string of the molecule is Cn1nc(Cl)nc1C(F)(F)F. The van der Waals surface area contributed by atoms with Crippen LogP contribution in [0.4, 0.5) is 13.2 Å². The summed E-state index contributed by atoms with van der Waals surface area (Å²) in [7, 11) is 1.13. The van der Waals surface area contributed by atoms with Crippen molar-refractivity contribution in [2.45, 2.75) is 6.18 Å². The number of halogens is 4. The Morgan fingerprint density at radius 2 is 2.00 bits per heavy atom. The van der Waals surface area contributed by atoms with Crippen LogP contribution in [0.5, 0.6) is 0 Å². The second-order valence-electron chi connectivity index (χ2n) is 1.83. The van der Waals surface area contributed by atoms with E-state index >= 15 is 0 Å². The van der Waals surface area contributed by atoms with Gasteiger partial charge in [-0.2, -0.15) is 18.2 Å². The van der Waals surface area contributed by atoms with Crippen molar-refractivity contribution in [2.24, 2.45) is 7.05 Å². The number of aromatic nitrogens is 3. The molecule has 1 aromatic rings. The smallest absolute Gasteiger partial charge is 0.244 e. The van der Waals surface area contributed by atoms with Crippen LogP contribution in [-0.4, -0.2) is 14.8 Å². The van der Waals surface area contributed by atoms with Gasteiger partial charge in [0.25, 0.3) is 0 Å². The molecule has 0 amide bonds. The van der Waals surface area contributed by atoms with Crippen LogP contribution in [0, 0.1) is 0 Å². The highest BCUT2D eigenvalue weighted by Gasteiger charge is 2.36. The molecule has 1 rings (SSSR count). The third-order valence-electron chi connectivity index (χ3n) is 0.991. The van der Waals surface area contributed by atoms with E-state index in [0.717, 1.165) is 7.05 Å². The summed E-state index contributed by atoms with van der Waals surface area (Å²) in [4.78, 5) is 2.97. The van der Waals surface area contributed by atoms with E-state index in [2.05, 4.69) is 10.1 Å². The van der Waals surface area contributed by atoms with Gasteiger partial charge in [-0.15, -0.1) is 5.10 Å². The maximum Gasteiger partial charge on any atom is 0.451 e. The first-order valence-electron chi connectivity index (χ1n) is 2.55. The number of hydrogen-bond acceptors (Lipinski definition) is 2. The molecule has 0 bridgehead atoms. The van der Waals surface area contributed by atoms with Gasteiger partial charge in [-0.25, -0.2) is 4.68 Å². The van der Waals surface area contributed by atoms with E-state index in [-0.39, 0.29) is 0 Å². The molecule has 62 valence electrons. The van der Waals surface area contributed by atoms with Crippen molar-refractivity contribution in [1.82, 2.24) is 14.8 Å². The average molecular weight is 186 g/mol. The molecule has 0 aliphatic rings. The highest BCUT2D eigenvalue weighted by molar-refractivity contribution is 6.28. The zero-order chi connectivity index (χ0) is 8.65. The van der Waals surface area contributed by atoms with Gasteiger partial charge in [-0.05, 0) is 11.6 Å². The Balaban J connectivity index is 3.13. The molecule has 0 aliphatic carbocycles. The van der Waals surface area contributed by atoms with Gasteiger partial charge in [0.15, 0.2) is 0 Å². The van der Waals surface area contributed by atoms with Crippen LogP contribution >= 0.6 is 11.6 Å². The zero-order valence-corrected chi connectivity index (χ0v) is 6.11. The molecule has 0 unspecified atom stereocenters. The number of hydrogen-bond donors (Lipinski definition) is 0. The van der Waals surface area contributed by atoms with Gasteiger partial charge < -0.3 is 0 Å². The molecule has 11 heavy (non-hydrogen) atoms. The van der Waals surface area contributed by atoms with Crippen molar-refractivity contribution >= 4 is 11.6 Å². The van der Waals surface area contributed by atoms with Crippen LogP contribution < -0.4 is 0 Å². The van der Waals surface area contributed by atoms with Crippen LogP contribution in [0.1, 0.15) is 5.82 Å². The van der Waals surface area contributed by atoms with Crippen molar-refractivity contribution in [3.05, 3.63) is 11.1 Å². The van der Waals surface area contributed by atoms with Gasteiger partial charge >= 0.3 is 6.18 Å². The Bertz CT molecular complexity index is 266. The number of nitrogens with zero attached hydrogens (tertiary/aromatic N) is 3. The highest BCUT2D eigenvalue weighted by atomic mass is 35.5. The molecule has 7 heteroatoms. The summed E-state index contributed by atoms with van der Waals surface area (Å²) >= 11 is 5.13. The molecule has 0 aliphatic heterocycles. The third-order valence-corrected chi connectivity index (χ3v) is 1.15. The lowest BCUT2D eigenvalue weighted by atomic mass is 10.6. The van der Waals surface area contributed by atoms with Gasteiger partial charge in [0.1, 0.15) is 0 Å². The minimum absolute atomic E-state index is 0.403. The van der Waals surface area contributed by atoms with E-state index in [0.29, 0.717) is 4.68 Å². The van der Waals surface area contributed by atoms with Crippen LogP contribution in [0.25, 0.3) is 0 Å². The zero-order valence-electron chi connectivity index (χ0n) is 5.35. The van der Waals surface area contributed by atoms with E-state index in [1.165, 1.54) is 0 Å². The molecule has 0 saturated heterocycles. The molecule has 1 heterocycles. The first-order valence-corrected chi connectivity index (χ1v) is 2.93. The molecule has 0 saturated carbocycles. The average Bonchev–Trinajstić information content (AvgIpc) is 2.08. The first kappa shape index (κ1) is 8.32. The first-order chi connectivity index (χ1) is 4.91. The molecule has 0 atom stereocenters. The Kier molecular flexibility index (Phi) is 1.79. The predicted molar refractivity (Wildman–Crippen MR) is 31.0 cm³/mol. The summed E-state index contributed by atoms with van der Waals surface area (Å²) < 4.78 is 36.2. The molecule has 1 aromatic heterocycles. The second kappa shape index (κ2) is 2.37. The lowest BCUT2D eigenvalue weighted by Crippen LogP contribution is -2.13. The standard InChI is InChI=1S/C4H3ClF3N3/c1-11-2(4(6,7)8)9-3(5)10-11/h1H3. The summed E-state index contributed by atoms with van der Waals surface area (Å²) in [6.45, 7) is 0. The van der Waals surface area contributed by atoms with Crippen LogP contribution in [0.2, 0.25) is 5.28 Å². The monoisotopic (exact) mass is 185 g/mol. The Morgan fingerprint density at radius 3 is 2.18 bits per heavy atom. The summed E-state index contributed by atoms with van der Waals surface area (Å²) in [5, 5.41) is 2.83. The van der Waals surface area contributed by atoms with E-state index in [1.807, 2.05) is 0 Å². The Labute approximate surface area is 64.8 Å². The number of aryl methyl sites for hydroxylation is 1. The minimum Gasteiger partial charge on any atom is -0.244 e. The molecule has 0 radical (unpaired) electrons.